The Bertz CT molecular complexity index is 1300. The number of benzene rings is 2. The van der Waals surface area contributed by atoms with Crippen LogP contribution in [-0.4, -0.2) is 34.8 Å². The summed E-state index contributed by atoms with van der Waals surface area (Å²) >= 11 is 5.88. The lowest BCUT2D eigenvalue weighted by atomic mass is 10.1. The molecule has 4 rings (SSSR count). The summed E-state index contributed by atoms with van der Waals surface area (Å²) in [4.78, 5) is 29.0. The van der Waals surface area contributed by atoms with Gasteiger partial charge in [-0.2, -0.15) is 4.98 Å². The van der Waals surface area contributed by atoms with Crippen LogP contribution in [0, 0.1) is 0 Å². The molecule has 1 fully saturated rings. The predicted molar refractivity (Wildman–Crippen MR) is 133 cm³/mol. The van der Waals surface area contributed by atoms with E-state index in [1.807, 2.05) is 6.92 Å². The third kappa shape index (κ3) is 6.21. The summed E-state index contributed by atoms with van der Waals surface area (Å²) in [6.07, 6.45) is 0.334. The average Bonchev–Trinajstić information content (AvgIpc) is 3.28. The maximum absolute atomic E-state index is 13.2. The number of phosphoric acid groups is 1. The van der Waals surface area contributed by atoms with Gasteiger partial charge in [0.2, 0.25) is 0 Å². The average molecular weight is 534 g/mol. The summed E-state index contributed by atoms with van der Waals surface area (Å²) in [5, 5.41) is 3.10. The van der Waals surface area contributed by atoms with Crippen LogP contribution < -0.4 is 15.5 Å². The molecule has 3 aromatic rings. The van der Waals surface area contributed by atoms with E-state index in [1.54, 1.807) is 54.6 Å². The molecule has 0 spiro atoms. The quantitative estimate of drug-likeness (QED) is 0.379. The van der Waals surface area contributed by atoms with E-state index in [-0.39, 0.29) is 23.9 Å². The van der Waals surface area contributed by atoms with Crippen molar-refractivity contribution in [2.75, 3.05) is 12.4 Å². The first-order chi connectivity index (χ1) is 17.3. The highest BCUT2D eigenvalue weighted by atomic mass is 35.5. The SMILES string of the molecule is CCC1OC(n2ccc(NC(=O)c3ccccc3)nc2=O)CC1OP(=O)(OC)Oc1ccc(Cl)cc1. The third-order valence-electron chi connectivity index (χ3n) is 5.52. The Morgan fingerprint density at radius 1 is 1.19 bits per heavy atom. The van der Waals surface area contributed by atoms with Crippen molar-refractivity contribution in [1.82, 2.24) is 9.55 Å². The summed E-state index contributed by atoms with van der Waals surface area (Å²) in [5.41, 5.74) is -0.175. The molecular formula is C24H25ClN3O7P. The normalized spacial score (nSPS) is 21.0. The zero-order valence-electron chi connectivity index (χ0n) is 19.6. The first-order valence-corrected chi connectivity index (χ1v) is 13.0. The van der Waals surface area contributed by atoms with Gasteiger partial charge >= 0.3 is 13.5 Å². The van der Waals surface area contributed by atoms with E-state index >= 15 is 0 Å². The fourth-order valence-corrected chi connectivity index (χ4v) is 4.98. The highest BCUT2D eigenvalue weighted by Crippen LogP contribution is 2.52. The molecule has 2 heterocycles. The van der Waals surface area contributed by atoms with Gasteiger partial charge in [-0.3, -0.25) is 18.4 Å². The molecule has 0 radical (unpaired) electrons. The van der Waals surface area contributed by atoms with Crippen molar-refractivity contribution in [3.63, 3.8) is 0 Å². The Hall–Kier alpha value is -3.01. The van der Waals surface area contributed by atoms with Crippen molar-refractivity contribution >= 4 is 31.1 Å². The van der Waals surface area contributed by atoms with Gasteiger partial charge in [-0.15, -0.1) is 0 Å². The number of halogens is 1. The molecule has 1 aliphatic rings. The van der Waals surface area contributed by atoms with Gasteiger partial charge in [-0.05, 0) is 48.9 Å². The Balaban J connectivity index is 1.45. The molecule has 1 aliphatic heterocycles. The van der Waals surface area contributed by atoms with Gasteiger partial charge in [0, 0.05) is 30.3 Å². The van der Waals surface area contributed by atoms with Crippen LogP contribution in [0.1, 0.15) is 36.4 Å². The second-order valence-corrected chi connectivity index (χ2v) is 10.0. The van der Waals surface area contributed by atoms with E-state index in [1.165, 1.54) is 23.9 Å². The number of amides is 1. The first kappa shape index (κ1) is 26.1. The number of carbonyl (C=O) groups excluding carboxylic acids is 1. The van der Waals surface area contributed by atoms with E-state index in [0.29, 0.717) is 17.0 Å². The first-order valence-electron chi connectivity index (χ1n) is 11.2. The van der Waals surface area contributed by atoms with E-state index in [0.717, 1.165) is 0 Å². The van der Waals surface area contributed by atoms with Crippen LogP contribution in [-0.2, 0) is 18.3 Å². The lowest BCUT2D eigenvalue weighted by Crippen LogP contribution is -2.28. The Labute approximate surface area is 212 Å². The molecular weight excluding hydrogens is 509 g/mol. The molecule has 4 atom stereocenters. The minimum absolute atomic E-state index is 0.114. The van der Waals surface area contributed by atoms with Gasteiger partial charge in [0.15, 0.2) is 0 Å². The predicted octanol–water partition coefficient (Wildman–Crippen LogP) is 5.07. The van der Waals surface area contributed by atoms with Gasteiger partial charge in [-0.25, -0.2) is 9.36 Å². The van der Waals surface area contributed by atoms with E-state index in [9.17, 15) is 14.2 Å². The van der Waals surface area contributed by atoms with Gasteiger partial charge in [-0.1, -0.05) is 36.7 Å². The van der Waals surface area contributed by atoms with Crippen molar-refractivity contribution in [2.24, 2.45) is 0 Å². The van der Waals surface area contributed by atoms with Crippen LogP contribution in [0.4, 0.5) is 5.82 Å². The van der Waals surface area contributed by atoms with Crippen molar-refractivity contribution in [1.29, 1.82) is 0 Å². The number of carbonyl (C=O) groups is 1. The lowest BCUT2D eigenvalue weighted by molar-refractivity contribution is -0.0217. The fraction of sp³-hybridized carbons (Fsp3) is 0.292. The molecule has 0 saturated carbocycles. The van der Waals surface area contributed by atoms with E-state index in [4.69, 9.17) is 29.9 Å². The molecule has 0 bridgehead atoms. The highest BCUT2D eigenvalue weighted by Gasteiger charge is 2.42. The number of anilines is 1. The number of nitrogens with one attached hydrogen (secondary N) is 1. The van der Waals surface area contributed by atoms with Gasteiger partial charge < -0.3 is 14.6 Å². The van der Waals surface area contributed by atoms with Crippen molar-refractivity contribution in [3.8, 4) is 5.75 Å². The minimum Gasteiger partial charge on any atom is -0.404 e. The number of rotatable bonds is 9. The third-order valence-corrected chi connectivity index (χ3v) is 7.18. The Morgan fingerprint density at radius 3 is 2.56 bits per heavy atom. The molecule has 4 unspecified atom stereocenters. The topological polar surface area (TPSA) is 118 Å². The van der Waals surface area contributed by atoms with Crippen molar-refractivity contribution in [3.05, 3.63) is 87.9 Å². The zero-order chi connectivity index (χ0) is 25.7. The number of phosphoric ester groups is 1. The van der Waals surface area contributed by atoms with Crippen LogP contribution in [0.5, 0.6) is 5.75 Å². The van der Waals surface area contributed by atoms with Crippen LogP contribution in [0.15, 0.2) is 71.7 Å². The monoisotopic (exact) mass is 533 g/mol. The summed E-state index contributed by atoms with van der Waals surface area (Å²) < 4.78 is 36.8. The molecule has 12 heteroatoms. The summed E-state index contributed by atoms with van der Waals surface area (Å²) in [6.45, 7) is 1.88. The molecule has 2 aromatic carbocycles. The van der Waals surface area contributed by atoms with Crippen LogP contribution in [0.2, 0.25) is 5.02 Å². The largest absolute Gasteiger partial charge is 0.530 e. The molecule has 190 valence electrons. The van der Waals surface area contributed by atoms with E-state index in [2.05, 4.69) is 10.3 Å². The van der Waals surface area contributed by atoms with Gasteiger partial charge in [0.25, 0.3) is 5.91 Å². The second kappa shape index (κ2) is 11.4. The van der Waals surface area contributed by atoms with Gasteiger partial charge in [0.05, 0.1) is 6.10 Å². The van der Waals surface area contributed by atoms with Crippen LogP contribution in [0.3, 0.4) is 0 Å². The molecule has 10 nitrogen and oxygen atoms in total. The second-order valence-electron chi connectivity index (χ2n) is 7.91. The minimum atomic E-state index is -3.99. The smallest absolute Gasteiger partial charge is 0.404 e. The summed E-state index contributed by atoms with van der Waals surface area (Å²) in [5.74, 6) is -0.00210. The standard InChI is InChI=1S/C24H25ClN3O7P/c1-3-19-20(35-36(31,32-2)34-18-11-9-17(25)10-12-18)15-22(33-19)28-14-13-21(27-24(28)30)26-23(29)16-7-5-4-6-8-16/h4-14,19-20,22H,3,15H2,1-2H3,(H,26,27,29,30). The number of hydrogen-bond acceptors (Lipinski definition) is 8. The lowest BCUT2D eigenvalue weighted by Gasteiger charge is -2.22. The molecule has 0 aliphatic carbocycles. The summed E-state index contributed by atoms with van der Waals surface area (Å²) in [7, 11) is -2.77. The Morgan fingerprint density at radius 2 is 1.92 bits per heavy atom. The number of ether oxygens (including phenoxy) is 1. The number of hydrogen-bond donors (Lipinski definition) is 1. The number of aromatic nitrogens is 2. The maximum atomic E-state index is 13.2. The molecule has 1 N–H and O–H groups in total. The molecule has 36 heavy (non-hydrogen) atoms. The van der Waals surface area contributed by atoms with E-state index < -0.39 is 31.9 Å². The van der Waals surface area contributed by atoms with Crippen LogP contribution in [0.25, 0.3) is 0 Å². The van der Waals surface area contributed by atoms with Gasteiger partial charge in [0.1, 0.15) is 23.9 Å². The van der Waals surface area contributed by atoms with Crippen LogP contribution >= 0.6 is 19.4 Å². The summed E-state index contributed by atoms with van der Waals surface area (Å²) in [6, 6.07) is 16.4. The fourth-order valence-electron chi connectivity index (χ4n) is 3.72. The van der Waals surface area contributed by atoms with Crippen molar-refractivity contribution < 1.29 is 27.7 Å². The molecule has 1 amide bonds. The molecule has 1 aromatic heterocycles. The zero-order valence-corrected chi connectivity index (χ0v) is 21.2. The number of nitrogens with zero attached hydrogens (tertiary/aromatic N) is 2. The highest BCUT2D eigenvalue weighted by molar-refractivity contribution is 7.48. The molecule has 1 saturated heterocycles. The maximum Gasteiger partial charge on any atom is 0.530 e. The Kier molecular flexibility index (Phi) is 8.23. The van der Waals surface area contributed by atoms with Crippen molar-refractivity contribution in [2.45, 2.75) is 38.2 Å².